The average Bonchev–Trinajstić information content (AvgIpc) is 2.99. The van der Waals surface area contributed by atoms with Gasteiger partial charge in [0.1, 0.15) is 5.75 Å². The molecule has 27 heavy (non-hydrogen) atoms. The molecule has 0 bridgehead atoms. The Bertz CT molecular complexity index is 1050. The lowest BCUT2D eigenvalue weighted by molar-refractivity contribution is -0.116. The summed E-state index contributed by atoms with van der Waals surface area (Å²) >= 11 is 0. The first-order valence-corrected chi connectivity index (χ1v) is 9.45. The van der Waals surface area contributed by atoms with E-state index in [1.165, 1.54) is 5.57 Å². The van der Waals surface area contributed by atoms with Crippen molar-refractivity contribution < 1.29 is 14.3 Å². The number of rotatable bonds is 2. The van der Waals surface area contributed by atoms with E-state index in [1.54, 1.807) is 7.11 Å². The first-order valence-electron chi connectivity index (χ1n) is 9.45. The van der Waals surface area contributed by atoms with Crippen molar-refractivity contribution in [3.63, 3.8) is 0 Å². The standard InChI is InChI=1S/C24H20O3/c1-27-16-8-4-6-14(12-16)22-21-15(7-5-11-20(21)25)13-19-17-9-2-3-10-18(17)24(26)23(19)22/h2-4,6,8-10,12,22H,5,7,11,13H2,1H3. The molecule has 0 amide bonds. The maximum absolute atomic E-state index is 13.3. The second-order valence-corrected chi connectivity index (χ2v) is 7.45. The van der Waals surface area contributed by atoms with Gasteiger partial charge in [-0.1, -0.05) is 42.0 Å². The van der Waals surface area contributed by atoms with Crippen LogP contribution in [0.5, 0.6) is 5.75 Å². The number of carbonyl (C=O) groups excluding carboxylic acids is 2. The highest BCUT2D eigenvalue weighted by Gasteiger charge is 2.43. The Morgan fingerprint density at radius 3 is 2.56 bits per heavy atom. The molecule has 0 saturated carbocycles. The van der Waals surface area contributed by atoms with Gasteiger partial charge in [-0.2, -0.15) is 0 Å². The molecule has 3 aliphatic carbocycles. The molecule has 134 valence electrons. The van der Waals surface area contributed by atoms with E-state index in [2.05, 4.69) is 0 Å². The van der Waals surface area contributed by atoms with Crippen LogP contribution >= 0.6 is 0 Å². The van der Waals surface area contributed by atoms with E-state index in [0.717, 1.165) is 58.4 Å². The first-order chi connectivity index (χ1) is 13.2. The van der Waals surface area contributed by atoms with Crippen LogP contribution < -0.4 is 4.74 Å². The number of ether oxygens (including phenoxy) is 1. The maximum Gasteiger partial charge on any atom is 0.190 e. The van der Waals surface area contributed by atoms with E-state index in [0.29, 0.717) is 6.42 Å². The van der Waals surface area contributed by atoms with Gasteiger partial charge in [0.25, 0.3) is 0 Å². The summed E-state index contributed by atoms with van der Waals surface area (Å²) in [6, 6.07) is 15.6. The fourth-order valence-electron chi connectivity index (χ4n) is 4.86. The maximum atomic E-state index is 13.3. The summed E-state index contributed by atoms with van der Waals surface area (Å²) in [6.45, 7) is 0. The third-order valence-electron chi connectivity index (χ3n) is 6.02. The van der Waals surface area contributed by atoms with Crippen LogP contribution in [-0.2, 0) is 4.79 Å². The van der Waals surface area contributed by atoms with E-state index in [-0.39, 0.29) is 17.5 Å². The Morgan fingerprint density at radius 1 is 0.926 bits per heavy atom. The van der Waals surface area contributed by atoms with Gasteiger partial charge in [-0.25, -0.2) is 0 Å². The Balaban J connectivity index is 1.75. The highest BCUT2D eigenvalue weighted by Crippen LogP contribution is 2.52. The van der Waals surface area contributed by atoms with E-state index in [9.17, 15) is 9.59 Å². The third-order valence-corrected chi connectivity index (χ3v) is 6.02. The van der Waals surface area contributed by atoms with Crippen LogP contribution in [0, 0.1) is 0 Å². The SMILES string of the molecule is COc1cccc(C2C3=C(CCCC3=O)CC3=C2C(=O)c2ccccc23)c1. The summed E-state index contributed by atoms with van der Waals surface area (Å²) < 4.78 is 5.41. The lowest BCUT2D eigenvalue weighted by atomic mass is 9.69. The molecule has 0 spiro atoms. The smallest absolute Gasteiger partial charge is 0.190 e. The van der Waals surface area contributed by atoms with Crippen molar-refractivity contribution >= 4 is 17.1 Å². The van der Waals surface area contributed by atoms with Gasteiger partial charge >= 0.3 is 0 Å². The summed E-state index contributed by atoms with van der Waals surface area (Å²) in [4.78, 5) is 26.2. The normalized spacial score (nSPS) is 21.1. The Kier molecular flexibility index (Phi) is 3.64. The van der Waals surface area contributed by atoms with Crippen LogP contribution in [0.15, 0.2) is 65.3 Å². The molecule has 2 aromatic carbocycles. The summed E-state index contributed by atoms with van der Waals surface area (Å²) in [6.07, 6.45) is 3.14. The number of Topliss-reactive ketones (excluding diaryl/α,β-unsaturated/α-hetero) is 2. The van der Waals surface area contributed by atoms with E-state index < -0.39 is 0 Å². The predicted molar refractivity (Wildman–Crippen MR) is 104 cm³/mol. The molecule has 0 fully saturated rings. The van der Waals surface area contributed by atoms with Crippen molar-refractivity contribution in [2.45, 2.75) is 31.6 Å². The zero-order chi connectivity index (χ0) is 18.5. The number of allylic oxidation sites excluding steroid dienone is 4. The zero-order valence-electron chi connectivity index (χ0n) is 15.2. The van der Waals surface area contributed by atoms with Crippen molar-refractivity contribution in [3.8, 4) is 5.75 Å². The van der Waals surface area contributed by atoms with Gasteiger partial charge in [0.2, 0.25) is 0 Å². The van der Waals surface area contributed by atoms with E-state index >= 15 is 0 Å². The Labute approximate surface area is 158 Å². The van der Waals surface area contributed by atoms with Crippen LogP contribution in [0.25, 0.3) is 5.57 Å². The number of methoxy groups -OCH3 is 1. The number of ketones is 2. The van der Waals surface area contributed by atoms with Crippen molar-refractivity contribution in [1.29, 1.82) is 0 Å². The van der Waals surface area contributed by atoms with Crippen LogP contribution in [0.3, 0.4) is 0 Å². The number of carbonyl (C=O) groups is 2. The molecular weight excluding hydrogens is 336 g/mol. The van der Waals surface area contributed by atoms with Crippen molar-refractivity contribution in [2.75, 3.05) is 7.11 Å². The van der Waals surface area contributed by atoms with Gasteiger partial charge < -0.3 is 4.74 Å². The fourth-order valence-corrected chi connectivity index (χ4v) is 4.86. The minimum atomic E-state index is -0.286. The molecule has 1 atom stereocenters. The molecule has 0 N–H and O–H groups in total. The van der Waals surface area contributed by atoms with Gasteiger partial charge in [-0.3, -0.25) is 9.59 Å². The topological polar surface area (TPSA) is 43.4 Å². The van der Waals surface area contributed by atoms with Gasteiger partial charge in [-0.05, 0) is 48.1 Å². The van der Waals surface area contributed by atoms with Crippen molar-refractivity contribution in [2.24, 2.45) is 0 Å². The van der Waals surface area contributed by atoms with Gasteiger partial charge in [0.05, 0.1) is 7.11 Å². The Morgan fingerprint density at radius 2 is 1.74 bits per heavy atom. The minimum absolute atomic E-state index is 0.0679. The number of fused-ring (bicyclic) bond motifs is 2. The molecule has 3 heteroatoms. The zero-order valence-corrected chi connectivity index (χ0v) is 15.2. The lowest BCUT2D eigenvalue weighted by Gasteiger charge is -2.32. The summed E-state index contributed by atoms with van der Waals surface area (Å²) in [5, 5.41) is 0. The second-order valence-electron chi connectivity index (χ2n) is 7.45. The third kappa shape index (κ3) is 2.34. The molecule has 2 aromatic rings. The fraction of sp³-hybridized carbons (Fsp3) is 0.250. The molecule has 0 aliphatic heterocycles. The number of hydrogen-bond acceptors (Lipinski definition) is 3. The van der Waals surface area contributed by atoms with Gasteiger partial charge in [0, 0.05) is 29.0 Å². The lowest BCUT2D eigenvalue weighted by Crippen LogP contribution is -2.25. The van der Waals surface area contributed by atoms with Crippen molar-refractivity contribution in [1.82, 2.24) is 0 Å². The number of benzene rings is 2. The predicted octanol–water partition coefficient (Wildman–Crippen LogP) is 4.88. The molecule has 1 unspecified atom stereocenters. The monoisotopic (exact) mass is 356 g/mol. The molecule has 0 heterocycles. The molecule has 0 radical (unpaired) electrons. The van der Waals surface area contributed by atoms with Crippen molar-refractivity contribution in [3.05, 3.63) is 81.9 Å². The van der Waals surface area contributed by atoms with E-state index in [4.69, 9.17) is 4.74 Å². The number of hydrogen-bond donors (Lipinski definition) is 0. The molecule has 3 nitrogen and oxygen atoms in total. The van der Waals surface area contributed by atoms with Gasteiger partial charge in [0.15, 0.2) is 11.6 Å². The molecule has 0 aromatic heterocycles. The Hall–Kier alpha value is -2.94. The van der Waals surface area contributed by atoms with Gasteiger partial charge in [-0.15, -0.1) is 0 Å². The van der Waals surface area contributed by atoms with Crippen LogP contribution in [-0.4, -0.2) is 18.7 Å². The minimum Gasteiger partial charge on any atom is -0.497 e. The van der Waals surface area contributed by atoms with E-state index in [1.807, 2.05) is 48.5 Å². The van der Waals surface area contributed by atoms with Crippen LogP contribution in [0.1, 0.15) is 53.1 Å². The van der Waals surface area contributed by atoms with Crippen LogP contribution in [0.4, 0.5) is 0 Å². The summed E-state index contributed by atoms with van der Waals surface area (Å²) in [7, 11) is 1.64. The first kappa shape index (κ1) is 16.2. The quantitative estimate of drug-likeness (QED) is 0.770. The average molecular weight is 356 g/mol. The molecule has 0 saturated heterocycles. The summed E-state index contributed by atoms with van der Waals surface area (Å²) in [5.74, 6) is 0.720. The summed E-state index contributed by atoms with van der Waals surface area (Å²) in [5.41, 5.74) is 6.73. The van der Waals surface area contributed by atoms with Crippen LogP contribution in [0.2, 0.25) is 0 Å². The molecule has 3 aliphatic rings. The highest BCUT2D eigenvalue weighted by atomic mass is 16.5. The molecular formula is C24H20O3. The highest BCUT2D eigenvalue weighted by molar-refractivity contribution is 6.23. The second kappa shape index (κ2) is 6.05. The molecule has 5 rings (SSSR count). The largest absolute Gasteiger partial charge is 0.497 e.